The highest BCUT2D eigenvalue weighted by atomic mass is 16.5. The number of morpholine rings is 1. The van der Waals surface area contributed by atoms with Crippen molar-refractivity contribution in [1.82, 2.24) is 4.90 Å². The van der Waals surface area contributed by atoms with Crippen molar-refractivity contribution in [2.45, 2.75) is 44.6 Å². The van der Waals surface area contributed by atoms with E-state index in [4.69, 9.17) is 4.74 Å². The van der Waals surface area contributed by atoms with Crippen molar-refractivity contribution in [3.8, 4) is 0 Å². The Morgan fingerprint density at radius 1 is 1.20 bits per heavy atom. The van der Waals surface area contributed by atoms with Crippen LogP contribution in [0.15, 0.2) is 0 Å². The Hall–Kier alpha value is -0.740. The summed E-state index contributed by atoms with van der Waals surface area (Å²) in [5.74, 6) is 1.42. The molecule has 0 aromatic heterocycles. The molecule has 110 valence electrons. The third-order valence-electron chi connectivity index (χ3n) is 6.51. The minimum absolute atomic E-state index is 0.0933. The van der Waals surface area contributed by atoms with Crippen molar-refractivity contribution in [2.24, 2.45) is 17.3 Å². The van der Waals surface area contributed by atoms with Crippen LogP contribution < -0.4 is 0 Å². The number of hydrogen-bond acceptors (Lipinski definition) is 4. The molecule has 0 amide bonds. The van der Waals surface area contributed by atoms with Gasteiger partial charge in [0.15, 0.2) is 0 Å². The van der Waals surface area contributed by atoms with Gasteiger partial charge < -0.3 is 4.74 Å². The number of hydrogen-bond donors (Lipinski definition) is 0. The van der Waals surface area contributed by atoms with Crippen LogP contribution >= 0.6 is 0 Å². The smallest absolute Gasteiger partial charge is 0.140 e. The van der Waals surface area contributed by atoms with Gasteiger partial charge in [-0.2, -0.15) is 0 Å². The molecule has 0 radical (unpaired) electrons. The lowest BCUT2D eigenvalue weighted by atomic mass is 9.44. The Labute approximate surface area is 119 Å². The van der Waals surface area contributed by atoms with Gasteiger partial charge in [0.1, 0.15) is 11.6 Å². The number of nitrogens with zero attached hydrogens (tertiary/aromatic N) is 1. The van der Waals surface area contributed by atoms with E-state index in [1.54, 1.807) is 0 Å². The number of carbonyl (C=O) groups excluding carboxylic acids is 2. The molecule has 5 rings (SSSR count). The topological polar surface area (TPSA) is 46.6 Å². The summed E-state index contributed by atoms with van der Waals surface area (Å²) in [4.78, 5) is 27.6. The molecule has 1 heterocycles. The van der Waals surface area contributed by atoms with Gasteiger partial charge in [-0.15, -0.1) is 0 Å². The maximum atomic E-state index is 12.6. The van der Waals surface area contributed by atoms with Crippen LogP contribution in [-0.4, -0.2) is 48.3 Å². The van der Waals surface area contributed by atoms with Gasteiger partial charge in [-0.3, -0.25) is 14.5 Å². The van der Waals surface area contributed by atoms with Crippen molar-refractivity contribution in [3.05, 3.63) is 0 Å². The zero-order valence-corrected chi connectivity index (χ0v) is 12.2. The average Bonchev–Trinajstić information content (AvgIpc) is 2.45. The Morgan fingerprint density at radius 2 is 1.95 bits per heavy atom. The molecule has 0 aromatic rings. The van der Waals surface area contributed by atoms with Gasteiger partial charge in [0.05, 0.1) is 13.2 Å². The highest BCUT2D eigenvalue weighted by molar-refractivity contribution is 5.93. The lowest BCUT2D eigenvalue weighted by Gasteiger charge is -2.65. The number of rotatable bonds is 1. The van der Waals surface area contributed by atoms with E-state index in [-0.39, 0.29) is 16.9 Å². The van der Waals surface area contributed by atoms with E-state index < -0.39 is 0 Å². The van der Waals surface area contributed by atoms with Crippen molar-refractivity contribution in [1.29, 1.82) is 0 Å². The molecule has 0 unspecified atom stereocenters. The highest BCUT2D eigenvalue weighted by Gasteiger charge is 2.66. The van der Waals surface area contributed by atoms with Crippen LogP contribution in [0.5, 0.6) is 0 Å². The van der Waals surface area contributed by atoms with Gasteiger partial charge >= 0.3 is 0 Å². The Bertz CT molecular complexity index is 466. The van der Waals surface area contributed by atoms with Crippen molar-refractivity contribution >= 4 is 11.6 Å². The summed E-state index contributed by atoms with van der Waals surface area (Å²) < 4.78 is 5.48. The van der Waals surface area contributed by atoms with Crippen molar-refractivity contribution < 1.29 is 14.3 Å². The molecule has 4 heteroatoms. The van der Waals surface area contributed by atoms with Gasteiger partial charge in [0, 0.05) is 42.8 Å². The maximum absolute atomic E-state index is 12.6. The van der Waals surface area contributed by atoms with Crippen LogP contribution in [0.4, 0.5) is 0 Å². The van der Waals surface area contributed by atoms with E-state index in [1.165, 1.54) is 0 Å². The zero-order valence-electron chi connectivity index (χ0n) is 12.2. The van der Waals surface area contributed by atoms with Crippen LogP contribution in [0, 0.1) is 17.3 Å². The predicted molar refractivity (Wildman–Crippen MR) is 73.3 cm³/mol. The van der Waals surface area contributed by atoms with Gasteiger partial charge in [-0.25, -0.2) is 0 Å². The first-order valence-electron chi connectivity index (χ1n) is 7.95. The number of ether oxygens (including phenoxy) is 1. The second kappa shape index (κ2) is 4.14. The molecule has 0 N–H and O–H groups in total. The Kier molecular flexibility index (Phi) is 2.68. The minimum atomic E-state index is -0.223. The SMILES string of the molecule is C[C@@]12C[C@H]3CCC(=O)[C@@H](C1)[C@@]3(N1CCOCC1)CC2=O. The number of Topliss-reactive ketones (excluding diaryl/α,β-unsaturated/α-hetero) is 2. The van der Waals surface area contributed by atoms with E-state index in [9.17, 15) is 9.59 Å². The van der Waals surface area contributed by atoms with Gasteiger partial charge in [-0.1, -0.05) is 6.92 Å². The molecule has 4 nitrogen and oxygen atoms in total. The Morgan fingerprint density at radius 3 is 2.70 bits per heavy atom. The van der Waals surface area contributed by atoms with Gasteiger partial charge in [-0.05, 0) is 25.2 Å². The molecule has 0 aromatic carbocycles. The number of ketones is 2. The summed E-state index contributed by atoms with van der Waals surface area (Å²) in [5.41, 5.74) is -0.382. The van der Waals surface area contributed by atoms with Crippen molar-refractivity contribution in [2.75, 3.05) is 26.3 Å². The minimum Gasteiger partial charge on any atom is -0.379 e. The molecular weight excluding hydrogens is 254 g/mol. The quantitative estimate of drug-likeness (QED) is 0.727. The number of fused-ring (bicyclic) bond motifs is 1. The fourth-order valence-corrected chi connectivity index (χ4v) is 5.49. The summed E-state index contributed by atoms with van der Waals surface area (Å²) in [6.07, 6.45) is 4.09. The first-order chi connectivity index (χ1) is 9.56. The third kappa shape index (κ3) is 1.49. The molecular formula is C16H23NO3. The first-order valence-corrected chi connectivity index (χ1v) is 7.95. The van der Waals surface area contributed by atoms with Gasteiger partial charge in [0.2, 0.25) is 0 Å². The second-order valence-corrected chi connectivity index (χ2v) is 7.41. The zero-order chi connectivity index (χ0) is 14.0. The van der Waals surface area contributed by atoms with E-state index in [0.29, 0.717) is 23.9 Å². The fourth-order valence-electron chi connectivity index (χ4n) is 5.49. The summed E-state index contributed by atoms with van der Waals surface area (Å²) in [5, 5.41) is 0. The van der Waals surface area contributed by atoms with E-state index in [2.05, 4.69) is 11.8 Å². The summed E-state index contributed by atoms with van der Waals surface area (Å²) in [6.45, 7) is 5.33. The molecule has 4 aliphatic carbocycles. The van der Waals surface area contributed by atoms with Crippen LogP contribution in [0.2, 0.25) is 0 Å². The molecule has 5 aliphatic rings. The van der Waals surface area contributed by atoms with Crippen molar-refractivity contribution in [3.63, 3.8) is 0 Å². The van der Waals surface area contributed by atoms with Crippen LogP contribution in [-0.2, 0) is 14.3 Å². The van der Waals surface area contributed by atoms with Crippen LogP contribution in [0.1, 0.15) is 39.0 Å². The molecule has 1 saturated heterocycles. The normalized spacial score (nSPS) is 48.6. The summed E-state index contributed by atoms with van der Waals surface area (Å²) >= 11 is 0. The second-order valence-electron chi connectivity index (χ2n) is 7.41. The van der Waals surface area contributed by atoms with E-state index >= 15 is 0 Å². The molecule has 0 spiro atoms. The fraction of sp³-hybridized carbons (Fsp3) is 0.875. The monoisotopic (exact) mass is 277 g/mol. The van der Waals surface area contributed by atoms with Crippen LogP contribution in [0.3, 0.4) is 0 Å². The molecule has 4 bridgehead atoms. The summed E-state index contributed by atoms with van der Waals surface area (Å²) in [7, 11) is 0. The van der Waals surface area contributed by atoms with Crippen LogP contribution in [0.25, 0.3) is 0 Å². The standard InChI is InChI=1S/C16H23NO3/c1-15-8-11-2-3-13(18)12(9-15)16(11,10-14(15)19)17-4-6-20-7-5-17/h11-12H,2-10H2,1H3/t11-,12-,15-,16-/m1/s1. The lowest BCUT2D eigenvalue weighted by Crippen LogP contribution is -2.73. The molecule has 1 aliphatic heterocycles. The maximum Gasteiger partial charge on any atom is 0.140 e. The largest absolute Gasteiger partial charge is 0.379 e. The molecule has 5 fully saturated rings. The lowest BCUT2D eigenvalue weighted by molar-refractivity contribution is -0.186. The highest BCUT2D eigenvalue weighted by Crippen LogP contribution is 2.61. The first kappa shape index (κ1) is 13.0. The third-order valence-corrected chi connectivity index (χ3v) is 6.51. The summed E-state index contributed by atoms with van der Waals surface area (Å²) in [6, 6.07) is 0. The molecule has 20 heavy (non-hydrogen) atoms. The predicted octanol–water partition coefficient (Wildman–Crippen LogP) is 1.43. The number of carbonyl (C=O) groups is 2. The van der Waals surface area contributed by atoms with E-state index in [1.807, 2.05) is 0 Å². The molecule has 4 saturated carbocycles. The molecule has 4 atom stereocenters. The Balaban J connectivity index is 1.78. The van der Waals surface area contributed by atoms with E-state index in [0.717, 1.165) is 52.0 Å². The van der Waals surface area contributed by atoms with Gasteiger partial charge in [0.25, 0.3) is 0 Å². The average molecular weight is 277 g/mol.